The number of rotatable bonds is 3. The average Bonchev–Trinajstić information content (AvgIpc) is 2.44. The molecule has 110 valence electrons. The first-order valence-corrected chi connectivity index (χ1v) is 7.24. The minimum absolute atomic E-state index is 0.0581. The molecule has 0 saturated heterocycles. The summed E-state index contributed by atoms with van der Waals surface area (Å²) in [7, 11) is 0. The fourth-order valence-electron chi connectivity index (χ4n) is 2.20. The molecule has 0 aliphatic carbocycles. The quantitative estimate of drug-likeness (QED) is 0.837. The molecule has 0 aliphatic heterocycles. The summed E-state index contributed by atoms with van der Waals surface area (Å²) in [5.41, 5.74) is 4.19. The molecule has 2 aromatic carbocycles. The van der Waals surface area contributed by atoms with Crippen LogP contribution < -0.4 is 10.6 Å². The average molecular weight is 303 g/mol. The molecule has 0 aliphatic rings. The second-order valence-corrected chi connectivity index (χ2v) is 5.62. The molecular weight excluding hydrogens is 284 g/mol. The van der Waals surface area contributed by atoms with Crippen LogP contribution in [-0.4, -0.2) is 6.03 Å². The van der Waals surface area contributed by atoms with Gasteiger partial charge in [0.05, 0.1) is 6.04 Å². The predicted molar refractivity (Wildman–Crippen MR) is 87.9 cm³/mol. The summed E-state index contributed by atoms with van der Waals surface area (Å²) in [5.74, 6) is 0. The molecular formula is C17H19ClN2O. The van der Waals surface area contributed by atoms with Crippen LogP contribution in [0.25, 0.3) is 0 Å². The van der Waals surface area contributed by atoms with Crippen molar-refractivity contribution in [3.63, 3.8) is 0 Å². The number of hydrogen-bond donors (Lipinski definition) is 2. The number of nitrogens with one attached hydrogen (secondary N) is 2. The summed E-state index contributed by atoms with van der Waals surface area (Å²) in [4.78, 5) is 12.0. The lowest BCUT2D eigenvalue weighted by molar-refractivity contribution is 0.249. The number of amides is 2. The van der Waals surface area contributed by atoms with Gasteiger partial charge in [-0.2, -0.15) is 0 Å². The second-order valence-electron chi connectivity index (χ2n) is 5.19. The van der Waals surface area contributed by atoms with E-state index in [1.165, 1.54) is 11.1 Å². The molecule has 2 aromatic rings. The maximum absolute atomic E-state index is 12.0. The first-order valence-electron chi connectivity index (χ1n) is 6.86. The van der Waals surface area contributed by atoms with Gasteiger partial charge in [0.15, 0.2) is 0 Å². The van der Waals surface area contributed by atoms with Crippen molar-refractivity contribution in [3.8, 4) is 0 Å². The molecule has 0 bridgehead atoms. The van der Waals surface area contributed by atoms with Crippen molar-refractivity contribution >= 4 is 23.3 Å². The lowest BCUT2D eigenvalue weighted by atomic mass is 10.0. The largest absolute Gasteiger partial charge is 0.331 e. The first kappa shape index (κ1) is 15.4. The van der Waals surface area contributed by atoms with E-state index in [4.69, 9.17) is 11.6 Å². The molecule has 3 nitrogen and oxygen atoms in total. The SMILES string of the molecule is Cc1ccc(C)c(C(C)NC(=O)Nc2ccc(Cl)cc2)c1. The zero-order chi connectivity index (χ0) is 15.4. The Bertz CT molecular complexity index is 638. The predicted octanol–water partition coefficient (Wildman–Crippen LogP) is 4.84. The standard InChI is InChI=1S/C17H19ClN2O/c1-11-4-5-12(2)16(10-11)13(3)19-17(21)20-15-8-6-14(18)7-9-15/h4-10,13H,1-3H3,(H2,19,20,21). The van der Waals surface area contributed by atoms with Crippen molar-refractivity contribution in [2.45, 2.75) is 26.8 Å². The van der Waals surface area contributed by atoms with Crippen molar-refractivity contribution < 1.29 is 4.79 Å². The number of benzene rings is 2. The van der Waals surface area contributed by atoms with E-state index in [9.17, 15) is 4.79 Å². The normalized spacial score (nSPS) is 11.8. The van der Waals surface area contributed by atoms with Crippen LogP contribution in [0.3, 0.4) is 0 Å². The van der Waals surface area contributed by atoms with E-state index in [1.807, 2.05) is 20.8 Å². The molecule has 0 spiro atoms. The van der Waals surface area contributed by atoms with Gasteiger partial charge in [-0.3, -0.25) is 0 Å². The van der Waals surface area contributed by atoms with E-state index in [0.717, 1.165) is 5.56 Å². The van der Waals surface area contributed by atoms with Gasteiger partial charge in [-0.05, 0) is 56.2 Å². The molecule has 0 fully saturated rings. The van der Waals surface area contributed by atoms with E-state index in [2.05, 4.69) is 28.8 Å². The minimum atomic E-state index is -0.231. The maximum Gasteiger partial charge on any atom is 0.319 e. The van der Waals surface area contributed by atoms with Crippen LogP contribution in [-0.2, 0) is 0 Å². The molecule has 4 heteroatoms. The highest BCUT2D eigenvalue weighted by Crippen LogP contribution is 2.19. The fraction of sp³-hybridized carbons (Fsp3) is 0.235. The second kappa shape index (κ2) is 6.64. The molecule has 2 amide bonds. The molecule has 0 aromatic heterocycles. The van der Waals surface area contributed by atoms with E-state index in [1.54, 1.807) is 24.3 Å². The molecule has 1 atom stereocenters. The summed E-state index contributed by atoms with van der Waals surface area (Å²) in [5, 5.41) is 6.38. The highest BCUT2D eigenvalue weighted by Gasteiger charge is 2.12. The van der Waals surface area contributed by atoms with Crippen molar-refractivity contribution in [1.82, 2.24) is 5.32 Å². The summed E-state index contributed by atoms with van der Waals surface area (Å²) in [6.45, 7) is 6.07. The Kier molecular flexibility index (Phi) is 4.86. The van der Waals surface area contributed by atoms with Crippen molar-refractivity contribution in [2.75, 3.05) is 5.32 Å². The van der Waals surface area contributed by atoms with Crippen LogP contribution in [0.4, 0.5) is 10.5 Å². The Balaban J connectivity index is 2.01. The minimum Gasteiger partial charge on any atom is -0.331 e. The van der Waals surface area contributed by atoms with Crippen LogP contribution in [0.1, 0.15) is 29.7 Å². The van der Waals surface area contributed by atoms with Gasteiger partial charge >= 0.3 is 6.03 Å². The summed E-state index contributed by atoms with van der Waals surface area (Å²) in [6, 6.07) is 13.0. The zero-order valence-corrected chi connectivity index (χ0v) is 13.2. The number of hydrogen-bond acceptors (Lipinski definition) is 1. The van der Waals surface area contributed by atoms with Crippen LogP contribution in [0.5, 0.6) is 0 Å². The van der Waals surface area contributed by atoms with Crippen LogP contribution in [0, 0.1) is 13.8 Å². The Labute approximate surface area is 130 Å². The fourth-order valence-corrected chi connectivity index (χ4v) is 2.33. The third kappa shape index (κ3) is 4.23. The van der Waals surface area contributed by atoms with Gasteiger partial charge in [-0.25, -0.2) is 4.79 Å². The lowest BCUT2D eigenvalue weighted by Gasteiger charge is -2.18. The van der Waals surface area contributed by atoms with Crippen molar-refractivity contribution in [1.29, 1.82) is 0 Å². The Morgan fingerprint density at radius 3 is 2.43 bits per heavy atom. The maximum atomic E-state index is 12.0. The van der Waals surface area contributed by atoms with Gasteiger partial charge in [0, 0.05) is 10.7 Å². The van der Waals surface area contributed by atoms with Gasteiger partial charge in [0.2, 0.25) is 0 Å². The third-order valence-corrected chi connectivity index (χ3v) is 3.60. The van der Waals surface area contributed by atoms with E-state index < -0.39 is 0 Å². The molecule has 21 heavy (non-hydrogen) atoms. The lowest BCUT2D eigenvalue weighted by Crippen LogP contribution is -2.31. The molecule has 0 heterocycles. The van der Waals surface area contributed by atoms with E-state index in [0.29, 0.717) is 10.7 Å². The first-order chi connectivity index (χ1) is 9.95. The zero-order valence-electron chi connectivity index (χ0n) is 12.4. The van der Waals surface area contributed by atoms with Crippen molar-refractivity contribution in [2.24, 2.45) is 0 Å². The topological polar surface area (TPSA) is 41.1 Å². The van der Waals surface area contributed by atoms with Gasteiger partial charge in [0.25, 0.3) is 0 Å². The molecule has 2 rings (SSSR count). The molecule has 2 N–H and O–H groups in total. The highest BCUT2D eigenvalue weighted by atomic mass is 35.5. The van der Waals surface area contributed by atoms with Crippen LogP contribution >= 0.6 is 11.6 Å². The Hall–Kier alpha value is -2.00. The number of halogens is 1. The van der Waals surface area contributed by atoms with Gasteiger partial charge in [-0.15, -0.1) is 0 Å². The number of aryl methyl sites for hydroxylation is 2. The number of urea groups is 1. The van der Waals surface area contributed by atoms with Gasteiger partial charge in [0.1, 0.15) is 0 Å². The highest BCUT2D eigenvalue weighted by molar-refractivity contribution is 6.30. The van der Waals surface area contributed by atoms with Crippen LogP contribution in [0.2, 0.25) is 5.02 Å². The Morgan fingerprint density at radius 1 is 1.10 bits per heavy atom. The van der Waals surface area contributed by atoms with E-state index in [-0.39, 0.29) is 12.1 Å². The van der Waals surface area contributed by atoms with Crippen molar-refractivity contribution in [3.05, 3.63) is 64.2 Å². The molecule has 1 unspecified atom stereocenters. The number of anilines is 1. The summed E-state index contributed by atoms with van der Waals surface area (Å²) in [6.07, 6.45) is 0. The molecule has 0 radical (unpaired) electrons. The van der Waals surface area contributed by atoms with Crippen LogP contribution in [0.15, 0.2) is 42.5 Å². The third-order valence-electron chi connectivity index (χ3n) is 3.35. The van der Waals surface area contributed by atoms with E-state index >= 15 is 0 Å². The smallest absolute Gasteiger partial charge is 0.319 e. The Morgan fingerprint density at radius 2 is 1.76 bits per heavy atom. The van der Waals surface area contributed by atoms with Gasteiger partial charge < -0.3 is 10.6 Å². The van der Waals surface area contributed by atoms with Gasteiger partial charge in [-0.1, -0.05) is 35.4 Å². The summed E-state index contributed by atoms with van der Waals surface area (Å²) < 4.78 is 0. The monoisotopic (exact) mass is 302 g/mol. The number of carbonyl (C=O) groups is 1. The summed E-state index contributed by atoms with van der Waals surface area (Å²) >= 11 is 5.82. The number of carbonyl (C=O) groups excluding carboxylic acids is 1. The molecule has 0 saturated carbocycles.